The molecule has 2 saturated heterocycles. The molecular weight excluding hydrogens is 234 g/mol. The summed E-state index contributed by atoms with van der Waals surface area (Å²) >= 11 is 0. The Morgan fingerprint density at radius 2 is 1.61 bits per heavy atom. The van der Waals surface area contributed by atoms with Crippen LogP contribution in [-0.4, -0.2) is 49.5 Å². The van der Waals surface area contributed by atoms with E-state index >= 15 is 0 Å². The van der Waals surface area contributed by atoms with Gasteiger partial charge in [-0.3, -0.25) is 0 Å². The molecule has 2 heterocycles. The predicted octanol–water partition coefficient (Wildman–Crippen LogP) is 0.400. The Morgan fingerprint density at radius 3 is 2.11 bits per heavy atom. The third-order valence-electron chi connectivity index (χ3n) is 5.13. The Morgan fingerprint density at radius 1 is 0.944 bits per heavy atom. The number of hydrogen-bond acceptors (Lipinski definition) is 5. The van der Waals surface area contributed by atoms with E-state index in [2.05, 4.69) is 0 Å². The predicted molar refractivity (Wildman–Crippen MR) is 65.0 cm³/mol. The van der Waals surface area contributed by atoms with Crippen molar-refractivity contribution in [3.8, 4) is 0 Å². The molecule has 0 bridgehead atoms. The molecule has 2 aliphatic heterocycles. The normalized spacial score (nSPS) is 38.3. The highest BCUT2D eigenvalue weighted by atomic mass is 16.7. The van der Waals surface area contributed by atoms with Crippen molar-refractivity contribution in [2.24, 2.45) is 11.1 Å². The van der Waals surface area contributed by atoms with Crippen LogP contribution in [0.2, 0.25) is 0 Å². The van der Waals surface area contributed by atoms with Gasteiger partial charge in [0.25, 0.3) is 0 Å². The van der Waals surface area contributed by atoms with Gasteiger partial charge in [0.2, 0.25) is 0 Å². The fraction of sp³-hybridized carbons (Fsp3) is 1.00. The van der Waals surface area contributed by atoms with E-state index in [9.17, 15) is 5.11 Å². The molecule has 0 aromatic carbocycles. The van der Waals surface area contributed by atoms with Crippen molar-refractivity contribution in [2.45, 2.75) is 43.5 Å². The third kappa shape index (κ3) is 1.80. The second kappa shape index (κ2) is 4.42. The zero-order valence-corrected chi connectivity index (χ0v) is 10.8. The van der Waals surface area contributed by atoms with E-state index in [1.165, 1.54) is 0 Å². The first-order valence-electron chi connectivity index (χ1n) is 6.92. The Hall–Kier alpha value is -0.200. The molecule has 3 fully saturated rings. The first kappa shape index (κ1) is 12.8. The number of ether oxygens (including phenoxy) is 3. The smallest absolute Gasteiger partial charge is 0.168 e. The van der Waals surface area contributed by atoms with Crippen LogP contribution in [0.4, 0.5) is 0 Å². The highest BCUT2D eigenvalue weighted by Gasteiger charge is 2.56. The van der Waals surface area contributed by atoms with Crippen LogP contribution < -0.4 is 5.73 Å². The summed E-state index contributed by atoms with van der Waals surface area (Å²) < 4.78 is 16.9. The highest BCUT2D eigenvalue weighted by Crippen LogP contribution is 2.50. The van der Waals surface area contributed by atoms with Gasteiger partial charge in [-0.05, 0) is 19.3 Å². The summed E-state index contributed by atoms with van der Waals surface area (Å²) in [6.45, 7) is 3.11. The minimum absolute atomic E-state index is 0.271. The third-order valence-corrected chi connectivity index (χ3v) is 5.13. The molecule has 104 valence electrons. The molecule has 0 aromatic rings. The van der Waals surface area contributed by atoms with Gasteiger partial charge in [-0.1, -0.05) is 0 Å². The van der Waals surface area contributed by atoms with Gasteiger partial charge in [0.1, 0.15) is 0 Å². The summed E-state index contributed by atoms with van der Waals surface area (Å²) in [7, 11) is 0. The largest absolute Gasteiger partial charge is 0.389 e. The molecule has 0 radical (unpaired) electrons. The van der Waals surface area contributed by atoms with Crippen LogP contribution in [0, 0.1) is 5.41 Å². The summed E-state index contributed by atoms with van der Waals surface area (Å²) in [6, 6.07) is 0. The van der Waals surface area contributed by atoms with Gasteiger partial charge < -0.3 is 25.1 Å². The van der Waals surface area contributed by atoms with Crippen molar-refractivity contribution in [1.82, 2.24) is 0 Å². The fourth-order valence-electron chi connectivity index (χ4n) is 3.69. The van der Waals surface area contributed by atoms with Crippen molar-refractivity contribution < 1.29 is 19.3 Å². The molecule has 1 unspecified atom stereocenters. The number of hydrogen-bond donors (Lipinski definition) is 2. The first-order chi connectivity index (χ1) is 8.64. The van der Waals surface area contributed by atoms with Gasteiger partial charge in [0.05, 0.1) is 25.4 Å². The van der Waals surface area contributed by atoms with Crippen molar-refractivity contribution in [3.63, 3.8) is 0 Å². The average molecular weight is 257 g/mol. The van der Waals surface area contributed by atoms with Crippen LogP contribution in [0.1, 0.15) is 32.1 Å². The Balaban J connectivity index is 1.73. The second-order valence-electron chi connectivity index (χ2n) is 5.93. The maximum atomic E-state index is 11.0. The SMILES string of the molecule is NCC1(C2(O)CCC3(CC2)OCCO3)CCOC1. The minimum atomic E-state index is -0.723. The molecule has 1 spiro atoms. The van der Waals surface area contributed by atoms with Gasteiger partial charge in [0.15, 0.2) is 5.79 Å². The monoisotopic (exact) mass is 257 g/mol. The summed E-state index contributed by atoms with van der Waals surface area (Å²) in [6.07, 6.45) is 3.74. The van der Waals surface area contributed by atoms with E-state index in [4.69, 9.17) is 19.9 Å². The van der Waals surface area contributed by atoms with Gasteiger partial charge in [0, 0.05) is 31.4 Å². The van der Waals surface area contributed by atoms with Gasteiger partial charge in [-0.15, -0.1) is 0 Å². The van der Waals surface area contributed by atoms with E-state index in [0.717, 1.165) is 19.3 Å². The van der Waals surface area contributed by atoms with Crippen LogP contribution in [-0.2, 0) is 14.2 Å². The average Bonchev–Trinajstić information content (AvgIpc) is 3.04. The van der Waals surface area contributed by atoms with Crippen molar-refractivity contribution >= 4 is 0 Å². The second-order valence-corrected chi connectivity index (χ2v) is 5.93. The lowest BCUT2D eigenvalue weighted by Crippen LogP contribution is -2.57. The van der Waals surface area contributed by atoms with E-state index in [1.807, 2.05) is 0 Å². The van der Waals surface area contributed by atoms with E-state index in [1.54, 1.807) is 0 Å². The number of nitrogens with two attached hydrogens (primary N) is 1. The molecule has 0 aromatic heterocycles. The quantitative estimate of drug-likeness (QED) is 0.749. The summed E-state index contributed by atoms with van der Waals surface area (Å²) in [5, 5.41) is 11.0. The Kier molecular flexibility index (Phi) is 3.15. The molecule has 18 heavy (non-hydrogen) atoms. The lowest BCUT2D eigenvalue weighted by molar-refractivity contribution is -0.221. The van der Waals surface area contributed by atoms with E-state index in [0.29, 0.717) is 45.8 Å². The molecule has 1 aliphatic carbocycles. The standard InChI is InChI=1S/C13H23NO4/c14-9-11(5-6-16-10-11)12(15)1-3-13(4-2-12)17-7-8-18-13/h15H,1-10,14H2. The zero-order chi connectivity index (χ0) is 12.7. The maximum absolute atomic E-state index is 11.0. The molecule has 3 rings (SSSR count). The molecule has 3 aliphatic rings. The Bertz CT molecular complexity index is 298. The first-order valence-corrected chi connectivity index (χ1v) is 6.92. The van der Waals surface area contributed by atoms with Gasteiger partial charge in [-0.25, -0.2) is 0 Å². The zero-order valence-electron chi connectivity index (χ0n) is 10.8. The molecule has 1 saturated carbocycles. The topological polar surface area (TPSA) is 73.9 Å². The fourth-order valence-corrected chi connectivity index (χ4v) is 3.69. The number of rotatable bonds is 2. The van der Waals surface area contributed by atoms with Gasteiger partial charge >= 0.3 is 0 Å². The summed E-state index contributed by atoms with van der Waals surface area (Å²) in [5.74, 6) is -0.429. The van der Waals surface area contributed by atoms with Crippen LogP contribution in [0.25, 0.3) is 0 Å². The van der Waals surface area contributed by atoms with Crippen molar-refractivity contribution in [3.05, 3.63) is 0 Å². The molecule has 5 nitrogen and oxygen atoms in total. The lowest BCUT2D eigenvalue weighted by Gasteiger charge is -2.49. The molecular formula is C13H23NO4. The van der Waals surface area contributed by atoms with Crippen LogP contribution in [0.15, 0.2) is 0 Å². The van der Waals surface area contributed by atoms with Crippen LogP contribution in [0.5, 0.6) is 0 Å². The van der Waals surface area contributed by atoms with Crippen LogP contribution >= 0.6 is 0 Å². The van der Waals surface area contributed by atoms with Crippen molar-refractivity contribution in [1.29, 1.82) is 0 Å². The number of aliphatic hydroxyl groups is 1. The summed E-state index contributed by atoms with van der Waals surface area (Å²) in [5.41, 5.74) is 4.93. The Labute approximate surface area is 108 Å². The van der Waals surface area contributed by atoms with Crippen molar-refractivity contribution in [2.75, 3.05) is 33.0 Å². The molecule has 0 amide bonds. The minimum Gasteiger partial charge on any atom is -0.389 e. The lowest BCUT2D eigenvalue weighted by atomic mass is 9.63. The maximum Gasteiger partial charge on any atom is 0.168 e. The summed E-state index contributed by atoms with van der Waals surface area (Å²) in [4.78, 5) is 0. The highest BCUT2D eigenvalue weighted by molar-refractivity contribution is 5.05. The van der Waals surface area contributed by atoms with Crippen LogP contribution in [0.3, 0.4) is 0 Å². The van der Waals surface area contributed by atoms with E-state index in [-0.39, 0.29) is 5.41 Å². The molecule has 5 heteroatoms. The van der Waals surface area contributed by atoms with Gasteiger partial charge in [-0.2, -0.15) is 0 Å². The molecule has 1 atom stereocenters. The molecule has 3 N–H and O–H groups in total. The van der Waals surface area contributed by atoms with E-state index < -0.39 is 11.4 Å².